The third-order valence-electron chi connectivity index (χ3n) is 4.69. The van der Waals surface area contributed by atoms with Crippen LogP contribution in [0.25, 0.3) is 11.3 Å². The van der Waals surface area contributed by atoms with Gasteiger partial charge in [-0.1, -0.05) is 6.92 Å². The van der Waals surface area contributed by atoms with Gasteiger partial charge in [-0.2, -0.15) is 0 Å². The minimum absolute atomic E-state index is 0.202. The summed E-state index contributed by atoms with van der Waals surface area (Å²) in [5.74, 6) is 3.10. The zero-order valence-electron chi connectivity index (χ0n) is 15.0. The number of likely N-dealkylation sites (tertiary alicyclic amines) is 1. The van der Waals surface area contributed by atoms with E-state index in [1.54, 1.807) is 6.20 Å². The van der Waals surface area contributed by atoms with Gasteiger partial charge in [-0.25, -0.2) is 4.98 Å². The Hall–Kier alpha value is -2.30. The average Bonchev–Trinajstić information content (AvgIpc) is 3.10. The lowest BCUT2D eigenvalue weighted by atomic mass is 9.99. The van der Waals surface area contributed by atoms with Crippen LogP contribution in [0.3, 0.4) is 0 Å². The Labute approximate surface area is 149 Å². The second-order valence-electron chi connectivity index (χ2n) is 6.64. The topological polar surface area (TPSA) is 55.6 Å². The Kier molecular flexibility index (Phi) is 5.74. The molecule has 0 N–H and O–H groups in total. The minimum Gasteiger partial charge on any atom is -0.494 e. The van der Waals surface area contributed by atoms with Crippen molar-refractivity contribution in [3.05, 3.63) is 36.4 Å². The molecule has 1 aliphatic rings. The second-order valence-corrected chi connectivity index (χ2v) is 6.64. The maximum atomic E-state index is 12.3. The highest BCUT2D eigenvalue weighted by atomic mass is 16.5. The van der Waals surface area contributed by atoms with Crippen molar-refractivity contribution < 1.29 is 13.9 Å². The van der Waals surface area contributed by atoms with Crippen LogP contribution < -0.4 is 4.74 Å². The average molecular weight is 342 g/mol. The van der Waals surface area contributed by atoms with E-state index in [1.807, 2.05) is 36.1 Å². The Bertz CT molecular complexity index is 685. The molecule has 3 rings (SSSR count). The van der Waals surface area contributed by atoms with Gasteiger partial charge in [-0.3, -0.25) is 4.79 Å². The molecule has 0 bridgehead atoms. The van der Waals surface area contributed by atoms with Crippen LogP contribution in [-0.2, 0) is 11.2 Å². The van der Waals surface area contributed by atoms with E-state index in [4.69, 9.17) is 9.15 Å². The number of nitrogens with zero attached hydrogens (tertiary/aromatic N) is 2. The number of carbonyl (C=O) groups excluding carboxylic acids is 1. The molecular weight excluding hydrogens is 316 g/mol. The van der Waals surface area contributed by atoms with Crippen molar-refractivity contribution in [2.24, 2.45) is 5.92 Å². The molecule has 2 heterocycles. The van der Waals surface area contributed by atoms with Gasteiger partial charge < -0.3 is 14.1 Å². The van der Waals surface area contributed by atoms with E-state index in [-0.39, 0.29) is 5.91 Å². The van der Waals surface area contributed by atoms with Crippen LogP contribution in [0.4, 0.5) is 0 Å². The molecule has 1 aliphatic heterocycles. The fraction of sp³-hybridized carbons (Fsp3) is 0.500. The summed E-state index contributed by atoms with van der Waals surface area (Å²) in [6.45, 7) is 6.61. The van der Waals surface area contributed by atoms with Crippen LogP contribution in [0.15, 0.2) is 34.9 Å². The number of hydrogen-bond acceptors (Lipinski definition) is 4. The summed E-state index contributed by atoms with van der Waals surface area (Å²) in [7, 11) is 0. The molecule has 0 saturated carbocycles. The molecule has 1 aromatic carbocycles. The fourth-order valence-corrected chi connectivity index (χ4v) is 3.07. The summed E-state index contributed by atoms with van der Waals surface area (Å²) >= 11 is 0. The Morgan fingerprint density at radius 3 is 2.68 bits per heavy atom. The number of aryl methyl sites for hydroxylation is 1. The third kappa shape index (κ3) is 4.62. The number of amides is 1. The summed E-state index contributed by atoms with van der Waals surface area (Å²) in [5.41, 5.74) is 0.957. The van der Waals surface area contributed by atoms with Gasteiger partial charge in [-0.15, -0.1) is 0 Å². The maximum absolute atomic E-state index is 12.3. The van der Waals surface area contributed by atoms with Crippen LogP contribution in [0, 0.1) is 5.92 Å². The molecule has 0 aliphatic carbocycles. The number of oxazole rings is 1. The molecule has 5 heteroatoms. The first kappa shape index (κ1) is 17.5. The molecule has 134 valence electrons. The number of rotatable bonds is 6. The minimum atomic E-state index is 0.202. The lowest BCUT2D eigenvalue weighted by molar-refractivity contribution is -0.132. The van der Waals surface area contributed by atoms with Crippen LogP contribution in [0.5, 0.6) is 5.75 Å². The highest BCUT2D eigenvalue weighted by molar-refractivity contribution is 5.76. The first-order valence-corrected chi connectivity index (χ1v) is 9.11. The molecule has 2 aromatic rings. The van der Waals surface area contributed by atoms with Crippen LogP contribution >= 0.6 is 0 Å². The first-order valence-electron chi connectivity index (χ1n) is 9.11. The van der Waals surface area contributed by atoms with Gasteiger partial charge in [0.05, 0.1) is 12.8 Å². The number of piperidine rings is 1. The van der Waals surface area contributed by atoms with Gasteiger partial charge >= 0.3 is 0 Å². The SMILES string of the molecule is CCOc1ccc(-c2cnc(CCC(=O)N3CCC(C)CC3)o2)cc1. The molecule has 1 aromatic heterocycles. The molecule has 0 spiro atoms. The van der Waals surface area contributed by atoms with Crippen molar-refractivity contribution >= 4 is 5.91 Å². The van der Waals surface area contributed by atoms with Crippen LogP contribution in [0.2, 0.25) is 0 Å². The van der Waals surface area contributed by atoms with E-state index in [9.17, 15) is 4.79 Å². The van der Waals surface area contributed by atoms with Gasteiger partial charge in [-0.05, 0) is 49.9 Å². The number of aromatic nitrogens is 1. The molecule has 0 unspecified atom stereocenters. The van der Waals surface area contributed by atoms with E-state index in [0.29, 0.717) is 25.3 Å². The molecule has 1 amide bonds. The smallest absolute Gasteiger partial charge is 0.223 e. The molecule has 1 fully saturated rings. The summed E-state index contributed by atoms with van der Waals surface area (Å²) in [5, 5.41) is 0. The van der Waals surface area contributed by atoms with Crippen molar-refractivity contribution in [1.82, 2.24) is 9.88 Å². The monoisotopic (exact) mass is 342 g/mol. The van der Waals surface area contributed by atoms with Gasteiger partial charge in [0.15, 0.2) is 11.7 Å². The van der Waals surface area contributed by atoms with E-state index >= 15 is 0 Å². The molecule has 5 nitrogen and oxygen atoms in total. The lowest BCUT2D eigenvalue weighted by Gasteiger charge is -2.30. The molecule has 0 atom stereocenters. The van der Waals surface area contributed by atoms with Crippen LogP contribution in [-0.4, -0.2) is 35.5 Å². The highest BCUT2D eigenvalue weighted by Gasteiger charge is 2.20. The maximum Gasteiger partial charge on any atom is 0.223 e. The van der Waals surface area contributed by atoms with E-state index in [1.165, 1.54) is 0 Å². The Morgan fingerprint density at radius 2 is 2.00 bits per heavy atom. The molecule has 0 radical (unpaired) electrons. The van der Waals surface area contributed by atoms with E-state index in [0.717, 1.165) is 48.9 Å². The zero-order valence-corrected chi connectivity index (χ0v) is 15.0. The number of benzene rings is 1. The Balaban J connectivity index is 1.53. The summed E-state index contributed by atoms with van der Waals surface area (Å²) < 4.78 is 11.2. The molecular formula is C20H26N2O3. The van der Waals surface area contributed by atoms with Crippen molar-refractivity contribution in [3.63, 3.8) is 0 Å². The Morgan fingerprint density at radius 1 is 1.28 bits per heavy atom. The molecule has 1 saturated heterocycles. The summed E-state index contributed by atoms with van der Waals surface area (Å²) in [4.78, 5) is 18.6. The normalized spacial score (nSPS) is 15.4. The van der Waals surface area contributed by atoms with E-state index in [2.05, 4.69) is 11.9 Å². The number of ether oxygens (including phenoxy) is 1. The largest absolute Gasteiger partial charge is 0.494 e. The summed E-state index contributed by atoms with van der Waals surface area (Å²) in [6, 6.07) is 7.74. The van der Waals surface area contributed by atoms with Crippen LogP contribution in [0.1, 0.15) is 39.0 Å². The number of carbonyl (C=O) groups is 1. The molecule has 25 heavy (non-hydrogen) atoms. The summed E-state index contributed by atoms with van der Waals surface area (Å²) in [6.07, 6.45) is 4.93. The van der Waals surface area contributed by atoms with Gasteiger partial charge in [0.25, 0.3) is 0 Å². The fourth-order valence-electron chi connectivity index (χ4n) is 3.07. The first-order chi connectivity index (χ1) is 12.2. The lowest BCUT2D eigenvalue weighted by Crippen LogP contribution is -2.38. The number of hydrogen-bond donors (Lipinski definition) is 0. The van der Waals surface area contributed by atoms with E-state index < -0.39 is 0 Å². The van der Waals surface area contributed by atoms with Crippen molar-refractivity contribution in [3.8, 4) is 17.1 Å². The highest BCUT2D eigenvalue weighted by Crippen LogP contribution is 2.24. The standard InChI is InChI=1S/C20H26N2O3/c1-3-24-17-6-4-16(5-7-17)18-14-21-19(25-18)8-9-20(23)22-12-10-15(2)11-13-22/h4-7,14-15H,3,8-13H2,1-2H3. The predicted octanol–water partition coefficient (Wildman–Crippen LogP) is 3.93. The second kappa shape index (κ2) is 8.19. The van der Waals surface area contributed by atoms with Gasteiger partial charge in [0.2, 0.25) is 5.91 Å². The zero-order chi connectivity index (χ0) is 17.6. The van der Waals surface area contributed by atoms with Gasteiger partial charge in [0, 0.05) is 31.5 Å². The van der Waals surface area contributed by atoms with Crippen molar-refractivity contribution in [1.29, 1.82) is 0 Å². The third-order valence-corrected chi connectivity index (χ3v) is 4.69. The van der Waals surface area contributed by atoms with Crippen molar-refractivity contribution in [2.45, 2.75) is 39.5 Å². The van der Waals surface area contributed by atoms with Gasteiger partial charge in [0.1, 0.15) is 5.75 Å². The van der Waals surface area contributed by atoms with Crippen molar-refractivity contribution in [2.75, 3.05) is 19.7 Å². The quantitative estimate of drug-likeness (QED) is 0.798. The predicted molar refractivity (Wildman–Crippen MR) is 96.4 cm³/mol.